The largest absolute Gasteiger partial charge is 0.481 e. The zero-order chi connectivity index (χ0) is 15.5. The number of carbonyl (C=O) groups excluding carboxylic acids is 1. The van der Waals surface area contributed by atoms with Gasteiger partial charge in [0.2, 0.25) is 5.91 Å². The third kappa shape index (κ3) is 4.03. The zero-order valence-electron chi connectivity index (χ0n) is 12.6. The summed E-state index contributed by atoms with van der Waals surface area (Å²) in [6.45, 7) is 2.14. The third-order valence-electron chi connectivity index (χ3n) is 4.16. The molecule has 0 unspecified atom stereocenters. The molecule has 0 spiro atoms. The molecular weight excluding hydrogens is 272 g/mol. The molecule has 1 saturated carbocycles. The lowest BCUT2D eigenvalue weighted by Crippen LogP contribution is -2.33. The van der Waals surface area contributed by atoms with E-state index in [0.717, 1.165) is 25.7 Å². The summed E-state index contributed by atoms with van der Waals surface area (Å²) < 4.78 is 0. The molecule has 1 fully saturated rings. The van der Waals surface area contributed by atoms with Crippen molar-refractivity contribution in [3.63, 3.8) is 0 Å². The molecule has 2 N–H and O–H groups in total. The Balaban J connectivity index is 1.96. The number of hydrogen-bond donors (Lipinski definition) is 2. The molecule has 2 rings (SSSR count). The Morgan fingerprint density at radius 1 is 1.33 bits per heavy atom. The van der Waals surface area contributed by atoms with Crippen molar-refractivity contribution in [2.75, 3.05) is 7.05 Å². The molecular formula is C14H22N4O3. The Morgan fingerprint density at radius 3 is 2.52 bits per heavy atom. The van der Waals surface area contributed by atoms with E-state index in [1.54, 1.807) is 18.9 Å². The number of carboxylic acid groups (broad SMARTS) is 1. The molecule has 1 heterocycles. The van der Waals surface area contributed by atoms with Crippen molar-refractivity contribution in [3.8, 4) is 0 Å². The van der Waals surface area contributed by atoms with Gasteiger partial charge in [-0.25, -0.2) is 4.98 Å². The summed E-state index contributed by atoms with van der Waals surface area (Å²) in [4.78, 5) is 29.2. The van der Waals surface area contributed by atoms with Crippen molar-refractivity contribution in [1.29, 1.82) is 0 Å². The number of aryl methyl sites for hydroxylation is 1. The lowest BCUT2D eigenvalue weighted by molar-refractivity contribution is -0.141. The minimum absolute atomic E-state index is 0.0411. The number of H-pyrrole nitrogens is 1. The number of aromatic amines is 1. The van der Waals surface area contributed by atoms with E-state index in [4.69, 9.17) is 5.11 Å². The second-order valence-electron chi connectivity index (χ2n) is 6.04. The quantitative estimate of drug-likeness (QED) is 0.828. The highest BCUT2D eigenvalue weighted by atomic mass is 16.4. The summed E-state index contributed by atoms with van der Waals surface area (Å²) in [7, 11) is 1.71. The van der Waals surface area contributed by atoms with Gasteiger partial charge in [0.1, 0.15) is 5.82 Å². The van der Waals surface area contributed by atoms with Crippen molar-refractivity contribution >= 4 is 11.9 Å². The first-order valence-corrected chi connectivity index (χ1v) is 7.24. The fraction of sp³-hybridized carbons (Fsp3) is 0.714. The minimum Gasteiger partial charge on any atom is -0.481 e. The van der Waals surface area contributed by atoms with E-state index in [-0.39, 0.29) is 17.7 Å². The molecule has 1 amide bonds. The first-order chi connectivity index (χ1) is 9.90. The van der Waals surface area contributed by atoms with Gasteiger partial charge in [-0.2, -0.15) is 5.10 Å². The molecule has 0 saturated heterocycles. The molecule has 7 nitrogen and oxygen atoms in total. The number of nitrogens with zero attached hydrogens (tertiary/aromatic N) is 3. The zero-order valence-corrected chi connectivity index (χ0v) is 12.6. The molecule has 0 radical (unpaired) electrons. The summed E-state index contributed by atoms with van der Waals surface area (Å²) in [5, 5.41) is 15.8. The first-order valence-electron chi connectivity index (χ1n) is 7.24. The molecule has 1 aromatic heterocycles. The number of carbonyl (C=O) groups is 2. The van der Waals surface area contributed by atoms with E-state index >= 15 is 0 Å². The van der Waals surface area contributed by atoms with Gasteiger partial charge in [-0.15, -0.1) is 0 Å². The monoisotopic (exact) mass is 294 g/mol. The maximum Gasteiger partial charge on any atom is 0.303 e. The summed E-state index contributed by atoms with van der Waals surface area (Å²) in [6.07, 6.45) is 4.01. The summed E-state index contributed by atoms with van der Waals surface area (Å²) in [5.74, 6) is 0.420. The number of rotatable bonds is 6. The molecule has 0 aliphatic heterocycles. The van der Waals surface area contributed by atoms with Crippen LogP contribution in [0.2, 0.25) is 0 Å². The Bertz CT molecular complexity index is 520. The number of hydrogen-bond acceptors (Lipinski definition) is 4. The fourth-order valence-corrected chi connectivity index (χ4v) is 3.08. The predicted octanol–water partition coefficient (Wildman–Crippen LogP) is 1.50. The molecule has 0 aromatic carbocycles. The van der Waals surface area contributed by atoms with Crippen molar-refractivity contribution in [3.05, 3.63) is 11.6 Å². The first kappa shape index (κ1) is 15.5. The standard InChI is InChI=1S/C14H22N4O3/c1-10-15-11(17-16-10)9-18(2)12(19)7-14(8-13(20)21)5-3-4-6-14/h3-9H2,1-2H3,(H,20,21)(H,15,16,17). The van der Waals surface area contributed by atoms with Crippen molar-refractivity contribution in [2.45, 2.75) is 52.0 Å². The van der Waals surface area contributed by atoms with E-state index in [9.17, 15) is 9.59 Å². The van der Waals surface area contributed by atoms with Crippen molar-refractivity contribution in [1.82, 2.24) is 20.1 Å². The van der Waals surface area contributed by atoms with Gasteiger partial charge in [0.05, 0.1) is 13.0 Å². The van der Waals surface area contributed by atoms with Gasteiger partial charge in [0.15, 0.2) is 5.82 Å². The van der Waals surface area contributed by atoms with Crippen LogP contribution in [0.4, 0.5) is 0 Å². The van der Waals surface area contributed by atoms with E-state index in [0.29, 0.717) is 24.6 Å². The van der Waals surface area contributed by atoms with Crippen LogP contribution in [0, 0.1) is 12.3 Å². The topological polar surface area (TPSA) is 99.2 Å². The lowest BCUT2D eigenvalue weighted by atomic mass is 9.79. The van der Waals surface area contributed by atoms with Crippen LogP contribution in [0.15, 0.2) is 0 Å². The Kier molecular flexibility index (Phi) is 4.59. The highest BCUT2D eigenvalue weighted by Gasteiger charge is 2.38. The predicted molar refractivity (Wildman–Crippen MR) is 75.4 cm³/mol. The smallest absolute Gasteiger partial charge is 0.303 e. The van der Waals surface area contributed by atoms with Crippen LogP contribution < -0.4 is 0 Å². The second kappa shape index (κ2) is 6.24. The van der Waals surface area contributed by atoms with Crippen LogP contribution in [-0.2, 0) is 16.1 Å². The lowest BCUT2D eigenvalue weighted by Gasteiger charge is -2.28. The van der Waals surface area contributed by atoms with Gasteiger partial charge in [-0.1, -0.05) is 12.8 Å². The second-order valence-corrected chi connectivity index (χ2v) is 6.04. The molecule has 0 bridgehead atoms. The molecule has 1 aliphatic carbocycles. The van der Waals surface area contributed by atoms with E-state index < -0.39 is 5.97 Å². The maximum absolute atomic E-state index is 12.4. The average Bonchev–Trinajstić information content (AvgIpc) is 2.98. The van der Waals surface area contributed by atoms with Gasteiger partial charge in [-0.3, -0.25) is 14.7 Å². The number of nitrogens with one attached hydrogen (secondary N) is 1. The van der Waals surface area contributed by atoms with Gasteiger partial charge < -0.3 is 10.0 Å². The molecule has 0 atom stereocenters. The average molecular weight is 294 g/mol. The molecule has 1 aromatic rings. The van der Waals surface area contributed by atoms with Gasteiger partial charge in [-0.05, 0) is 25.2 Å². The van der Waals surface area contributed by atoms with E-state index in [1.165, 1.54) is 0 Å². The van der Waals surface area contributed by atoms with Crippen LogP contribution in [0.3, 0.4) is 0 Å². The van der Waals surface area contributed by atoms with Gasteiger partial charge in [0.25, 0.3) is 0 Å². The van der Waals surface area contributed by atoms with E-state index in [1.807, 2.05) is 0 Å². The molecule has 1 aliphatic rings. The van der Waals surface area contributed by atoms with Crippen molar-refractivity contribution < 1.29 is 14.7 Å². The van der Waals surface area contributed by atoms with Crippen LogP contribution in [0.25, 0.3) is 0 Å². The molecule has 21 heavy (non-hydrogen) atoms. The SMILES string of the molecule is Cc1nc(CN(C)C(=O)CC2(CC(=O)O)CCCC2)n[nH]1. The highest BCUT2D eigenvalue weighted by Crippen LogP contribution is 2.44. The summed E-state index contributed by atoms with van der Waals surface area (Å²) >= 11 is 0. The fourth-order valence-electron chi connectivity index (χ4n) is 3.08. The minimum atomic E-state index is -0.822. The Morgan fingerprint density at radius 2 is 2.00 bits per heavy atom. The van der Waals surface area contributed by atoms with Crippen molar-refractivity contribution in [2.24, 2.45) is 5.41 Å². The normalized spacial score (nSPS) is 16.9. The van der Waals surface area contributed by atoms with Gasteiger partial charge in [0, 0.05) is 13.5 Å². The Labute approximate surface area is 123 Å². The molecule has 116 valence electrons. The molecule has 7 heteroatoms. The summed E-state index contributed by atoms with van der Waals surface area (Å²) in [5.41, 5.74) is -0.369. The maximum atomic E-state index is 12.4. The number of aliphatic carboxylic acids is 1. The number of amides is 1. The van der Waals surface area contributed by atoms with Crippen LogP contribution in [0.1, 0.15) is 50.2 Å². The van der Waals surface area contributed by atoms with Crippen LogP contribution in [0.5, 0.6) is 0 Å². The third-order valence-corrected chi connectivity index (χ3v) is 4.16. The number of aromatic nitrogens is 3. The van der Waals surface area contributed by atoms with Crippen LogP contribution in [-0.4, -0.2) is 44.1 Å². The van der Waals surface area contributed by atoms with Crippen LogP contribution >= 0.6 is 0 Å². The Hall–Kier alpha value is -1.92. The summed E-state index contributed by atoms with van der Waals surface area (Å²) in [6, 6.07) is 0. The number of carboxylic acids is 1. The highest BCUT2D eigenvalue weighted by molar-refractivity contribution is 5.78. The van der Waals surface area contributed by atoms with E-state index in [2.05, 4.69) is 15.2 Å². The van der Waals surface area contributed by atoms with Gasteiger partial charge >= 0.3 is 5.97 Å².